The summed E-state index contributed by atoms with van der Waals surface area (Å²) in [6.45, 7) is 3.60. The molecular weight excluding hydrogens is 224 g/mol. The highest BCUT2D eigenvalue weighted by molar-refractivity contribution is 7.99. The third-order valence-electron chi connectivity index (χ3n) is 2.25. The summed E-state index contributed by atoms with van der Waals surface area (Å²) in [5.74, 6) is 0.925. The fourth-order valence-electron chi connectivity index (χ4n) is 1.45. The maximum Gasteiger partial charge on any atom is 0.187 e. The van der Waals surface area contributed by atoms with E-state index in [0.717, 1.165) is 42.7 Å². The van der Waals surface area contributed by atoms with Crippen LogP contribution in [0, 0.1) is 6.92 Å². The van der Waals surface area contributed by atoms with Gasteiger partial charge in [0.2, 0.25) is 0 Å². The van der Waals surface area contributed by atoms with E-state index in [-0.39, 0.29) is 6.29 Å². The van der Waals surface area contributed by atoms with Gasteiger partial charge in [-0.25, -0.2) is 9.97 Å². The summed E-state index contributed by atoms with van der Waals surface area (Å²) in [7, 11) is 0. The molecule has 0 amide bonds. The largest absolute Gasteiger partial charge is 0.353 e. The number of nitrogens with zero attached hydrogens (tertiary/aromatic N) is 2. The summed E-state index contributed by atoms with van der Waals surface area (Å²) >= 11 is 1.65. The lowest BCUT2D eigenvalue weighted by atomic mass is 10.4. The second-order valence-corrected chi connectivity index (χ2v) is 4.70. The van der Waals surface area contributed by atoms with Crippen LogP contribution in [0.1, 0.15) is 18.5 Å². The van der Waals surface area contributed by atoms with Gasteiger partial charge in [-0.15, -0.1) is 0 Å². The van der Waals surface area contributed by atoms with E-state index in [9.17, 15) is 0 Å². The van der Waals surface area contributed by atoms with Crippen molar-refractivity contribution in [1.82, 2.24) is 9.97 Å². The topological polar surface area (TPSA) is 44.2 Å². The number of aromatic nitrogens is 2. The molecule has 5 heteroatoms. The average molecular weight is 240 g/mol. The molecule has 1 saturated heterocycles. The summed E-state index contributed by atoms with van der Waals surface area (Å²) in [5, 5.41) is 0.829. The maximum atomic E-state index is 5.46. The lowest BCUT2D eigenvalue weighted by Crippen LogP contribution is -2.25. The van der Waals surface area contributed by atoms with Crippen LogP contribution in [0.3, 0.4) is 0 Å². The fourth-order valence-corrected chi connectivity index (χ4v) is 2.28. The van der Waals surface area contributed by atoms with Gasteiger partial charge in [-0.1, -0.05) is 11.8 Å². The van der Waals surface area contributed by atoms with Gasteiger partial charge in [-0.05, 0) is 19.4 Å². The molecule has 0 N–H and O–H groups in total. The first-order valence-corrected chi connectivity index (χ1v) is 6.49. The average Bonchev–Trinajstić information content (AvgIpc) is 2.30. The predicted octanol–water partition coefficient (Wildman–Crippen LogP) is 2.03. The number of hydrogen-bond acceptors (Lipinski definition) is 5. The highest BCUT2D eigenvalue weighted by atomic mass is 32.2. The van der Waals surface area contributed by atoms with Gasteiger partial charge in [0.1, 0.15) is 0 Å². The molecule has 4 nitrogen and oxygen atoms in total. The van der Waals surface area contributed by atoms with E-state index >= 15 is 0 Å². The van der Waals surface area contributed by atoms with Crippen LogP contribution in [0.2, 0.25) is 0 Å². The molecule has 1 fully saturated rings. The zero-order chi connectivity index (χ0) is 11.2. The van der Waals surface area contributed by atoms with Gasteiger partial charge >= 0.3 is 0 Å². The molecule has 1 aliphatic rings. The predicted molar refractivity (Wildman–Crippen MR) is 62.4 cm³/mol. The molecule has 0 unspecified atom stereocenters. The Labute approximate surface area is 99.8 Å². The summed E-state index contributed by atoms with van der Waals surface area (Å²) < 4.78 is 10.9. The number of hydrogen-bond donors (Lipinski definition) is 0. The SMILES string of the molecule is Cc1ccnc(SCCC2OCCCO2)n1. The normalized spacial score (nSPS) is 17.6. The third-order valence-corrected chi connectivity index (χ3v) is 3.15. The molecule has 16 heavy (non-hydrogen) atoms. The number of rotatable bonds is 4. The Kier molecular flexibility index (Phi) is 4.56. The lowest BCUT2D eigenvalue weighted by molar-refractivity contribution is -0.178. The second kappa shape index (κ2) is 6.18. The summed E-state index contributed by atoms with van der Waals surface area (Å²) in [5.41, 5.74) is 1.00. The molecule has 0 atom stereocenters. The van der Waals surface area contributed by atoms with Gasteiger partial charge in [0.05, 0.1) is 13.2 Å². The first kappa shape index (κ1) is 11.8. The first-order chi connectivity index (χ1) is 7.84. The number of thioether (sulfide) groups is 1. The lowest BCUT2D eigenvalue weighted by Gasteiger charge is -2.22. The van der Waals surface area contributed by atoms with Crippen molar-refractivity contribution in [1.29, 1.82) is 0 Å². The van der Waals surface area contributed by atoms with Crippen LogP contribution >= 0.6 is 11.8 Å². The molecule has 0 saturated carbocycles. The molecule has 0 radical (unpaired) electrons. The van der Waals surface area contributed by atoms with E-state index in [2.05, 4.69) is 9.97 Å². The molecule has 0 aliphatic carbocycles. The van der Waals surface area contributed by atoms with Gasteiger partial charge in [0, 0.05) is 24.1 Å². The van der Waals surface area contributed by atoms with E-state index in [1.807, 2.05) is 13.0 Å². The Morgan fingerprint density at radius 1 is 1.44 bits per heavy atom. The van der Waals surface area contributed by atoms with Crippen LogP contribution in [0.4, 0.5) is 0 Å². The Morgan fingerprint density at radius 2 is 2.25 bits per heavy atom. The Hall–Kier alpha value is -0.650. The van der Waals surface area contributed by atoms with Gasteiger partial charge in [0.15, 0.2) is 11.4 Å². The van der Waals surface area contributed by atoms with Crippen molar-refractivity contribution in [2.24, 2.45) is 0 Å². The van der Waals surface area contributed by atoms with Crippen molar-refractivity contribution in [2.45, 2.75) is 31.2 Å². The zero-order valence-corrected chi connectivity index (χ0v) is 10.2. The van der Waals surface area contributed by atoms with Crippen molar-refractivity contribution in [3.05, 3.63) is 18.0 Å². The van der Waals surface area contributed by atoms with Gasteiger partial charge in [-0.2, -0.15) is 0 Å². The third kappa shape index (κ3) is 3.73. The number of ether oxygens (including phenoxy) is 2. The van der Waals surface area contributed by atoms with Gasteiger partial charge in [-0.3, -0.25) is 0 Å². The minimum Gasteiger partial charge on any atom is -0.353 e. The van der Waals surface area contributed by atoms with Crippen molar-refractivity contribution in [2.75, 3.05) is 19.0 Å². The molecule has 2 rings (SSSR count). The van der Waals surface area contributed by atoms with Crippen molar-refractivity contribution in [3.8, 4) is 0 Å². The fraction of sp³-hybridized carbons (Fsp3) is 0.636. The standard InChI is InChI=1S/C11H16N2O2S/c1-9-3-5-12-11(13-9)16-8-4-10-14-6-2-7-15-10/h3,5,10H,2,4,6-8H2,1H3. The summed E-state index contributed by atoms with van der Waals surface area (Å²) in [6, 6.07) is 1.90. The molecular formula is C11H16N2O2S. The van der Waals surface area contributed by atoms with E-state index in [4.69, 9.17) is 9.47 Å². The Morgan fingerprint density at radius 3 is 3.00 bits per heavy atom. The Bertz CT molecular complexity index is 330. The molecule has 1 aromatic heterocycles. The van der Waals surface area contributed by atoms with E-state index < -0.39 is 0 Å². The van der Waals surface area contributed by atoms with Gasteiger partial charge in [0.25, 0.3) is 0 Å². The molecule has 1 aromatic rings. The first-order valence-electron chi connectivity index (χ1n) is 5.50. The molecule has 0 spiro atoms. The molecule has 2 heterocycles. The van der Waals surface area contributed by atoms with Crippen LogP contribution in [-0.4, -0.2) is 35.2 Å². The van der Waals surface area contributed by atoms with Crippen molar-refractivity contribution >= 4 is 11.8 Å². The van der Waals surface area contributed by atoms with Gasteiger partial charge < -0.3 is 9.47 Å². The quantitative estimate of drug-likeness (QED) is 0.595. The zero-order valence-electron chi connectivity index (χ0n) is 9.39. The van der Waals surface area contributed by atoms with Crippen LogP contribution in [0.25, 0.3) is 0 Å². The van der Waals surface area contributed by atoms with E-state index in [0.29, 0.717) is 0 Å². The van der Waals surface area contributed by atoms with Crippen molar-refractivity contribution < 1.29 is 9.47 Å². The highest BCUT2D eigenvalue weighted by Crippen LogP contribution is 2.17. The molecule has 88 valence electrons. The monoisotopic (exact) mass is 240 g/mol. The molecule has 1 aliphatic heterocycles. The second-order valence-electron chi connectivity index (χ2n) is 3.64. The van der Waals surface area contributed by atoms with Crippen LogP contribution < -0.4 is 0 Å². The maximum absolute atomic E-state index is 5.46. The minimum absolute atomic E-state index is 0.0361. The van der Waals surface area contributed by atoms with Crippen LogP contribution in [0.15, 0.2) is 17.4 Å². The Balaban J connectivity index is 1.71. The number of aryl methyl sites for hydroxylation is 1. The van der Waals surface area contributed by atoms with E-state index in [1.165, 1.54) is 0 Å². The molecule has 0 bridgehead atoms. The highest BCUT2D eigenvalue weighted by Gasteiger charge is 2.13. The summed E-state index contributed by atoms with van der Waals surface area (Å²) in [4.78, 5) is 8.52. The smallest absolute Gasteiger partial charge is 0.187 e. The van der Waals surface area contributed by atoms with Crippen LogP contribution in [-0.2, 0) is 9.47 Å². The van der Waals surface area contributed by atoms with Crippen LogP contribution in [0.5, 0.6) is 0 Å². The van der Waals surface area contributed by atoms with Crippen molar-refractivity contribution in [3.63, 3.8) is 0 Å². The minimum atomic E-state index is -0.0361. The van der Waals surface area contributed by atoms with E-state index in [1.54, 1.807) is 18.0 Å². The molecule has 0 aromatic carbocycles. The summed E-state index contributed by atoms with van der Waals surface area (Å²) in [6.07, 6.45) is 3.65.